The number of amides is 1. The normalized spacial score (nSPS) is 12.1. The van der Waals surface area contributed by atoms with Crippen molar-refractivity contribution in [3.8, 4) is 0 Å². The highest BCUT2D eigenvalue weighted by molar-refractivity contribution is 5.79. The maximum Gasteiger partial charge on any atom is 0.222 e. The molecule has 0 aliphatic heterocycles. The van der Waals surface area contributed by atoms with Crippen LogP contribution in [0, 0.1) is 6.92 Å². The summed E-state index contributed by atoms with van der Waals surface area (Å²) in [6.45, 7) is 11.4. The average molecular weight is 277 g/mol. The average Bonchev–Trinajstić information content (AvgIpc) is 2.86. The first-order valence-electron chi connectivity index (χ1n) is 7.01. The number of hydrogen-bond donors (Lipinski definition) is 1. The zero-order valence-electron chi connectivity index (χ0n) is 12.9. The fraction of sp³-hybridized carbons (Fsp3) is 0.643. The highest BCUT2D eigenvalue weighted by atomic mass is 16.1. The minimum Gasteiger partial charge on any atom is -0.351 e. The molecule has 1 N–H and O–H groups in total. The van der Waals surface area contributed by atoms with Crippen molar-refractivity contribution in [2.24, 2.45) is 0 Å². The van der Waals surface area contributed by atoms with E-state index in [2.05, 4.69) is 22.4 Å². The van der Waals surface area contributed by atoms with Crippen molar-refractivity contribution in [3.05, 3.63) is 11.9 Å². The van der Waals surface area contributed by atoms with Crippen LogP contribution in [0.1, 0.15) is 39.8 Å². The van der Waals surface area contributed by atoms with Crippen LogP contribution in [-0.4, -0.2) is 31.0 Å². The Morgan fingerprint density at radius 3 is 2.65 bits per heavy atom. The molecule has 0 aliphatic carbocycles. The third kappa shape index (κ3) is 3.00. The van der Waals surface area contributed by atoms with Gasteiger partial charge in [0.05, 0.1) is 18.4 Å². The van der Waals surface area contributed by atoms with Crippen molar-refractivity contribution in [2.75, 3.05) is 0 Å². The highest BCUT2D eigenvalue weighted by Crippen LogP contribution is 2.18. The molecular formula is C14H23N5O. The van der Waals surface area contributed by atoms with Crippen LogP contribution in [0.4, 0.5) is 0 Å². The Bertz CT molecular complexity index is 617. The van der Waals surface area contributed by atoms with Gasteiger partial charge in [0, 0.05) is 18.5 Å². The summed E-state index contributed by atoms with van der Waals surface area (Å²) in [6.07, 6.45) is 2.24. The van der Waals surface area contributed by atoms with Crippen molar-refractivity contribution < 1.29 is 4.79 Å². The molecule has 0 atom stereocenters. The van der Waals surface area contributed by atoms with E-state index in [0.29, 0.717) is 13.0 Å². The second kappa shape index (κ2) is 5.26. The number of aryl methyl sites for hydroxylation is 3. The van der Waals surface area contributed by atoms with Crippen LogP contribution in [0.15, 0.2) is 6.20 Å². The van der Waals surface area contributed by atoms with Gasteiger partial charge in [0.15, 0.2) is 0 Å². The summed E-state index contributed by atoms with van der Waals surface area (Å²) in [4.78, 5) is 11.9. The monoisotopic (exact) mass is 277 g/mol. The molecule has 0 aliphatic rings. The summed E-state index contributed by atoms with van der Waals surface area (Å²) in [7, 11) is 0. The summed E-state index contributed by atoms with van der Waals surface area (Å²) >= 11 is 0. The Hall–Kier alpha value is -1.85. The van der Waals surface area contributed by atoms with Crippen LogP contribution in [-0.2, 0) is 17.9 Å². The van der Waals surface area contributed by atoms with Crippen LogP contribution >= 0.6 is 0 Å². The molecule has 0 spiro atoms. The second-order valence-corrected chi connectivity index (χ2v) is 6.05. The summed E-state index contributed by atoms with van der Waals surface area (Å²) in [5.41, 5.74) is 2.81. The lowest BCUT2D eigenvalue weighted by Crippen LogP contribution is -2.40. The highest BCUT2D eigenvalue weighted by Gasteiger charge is 2.16. The topological polar surface area (TPSA) is 64.7 Å². The number of fused-ring (bicyclic) bond motifs is 1. The van der Waals surface area contributed by atoms with E-state index in [1.54, 1.807) is 0 Å². The molecule has 0 bridgehead atoms. The molecule has 1 amide bonds. The van der Waals surface area contributed by atoms with Gasteiger partial charge in [0.1, 0.15) is 11.0 Å². The number of carbonyl (C=O) groups is 1. The van der Waals surface area contributed by atoms with E-state index in [1.165, 1.54) is 0 Å². The zero-order chi connectivity index (χ0) is 14.9. The van der Waals surface area contributed by atoms with Gasteiger partial charge in [-0.2, -0.15) is 10.2 Å². The predicted molar refractivity (Wildman–Crippen MR) is 78.4 cm³/mol. The lowest BCUT2D eigenvalue weighted by Gasteiger charge is -2.20. The van der Waals surface area contributed by atoms with Crippen LogP contribution in [0.2, 0.25) is 0 Å². The molecular weight excluding hydrogens is 254 g/mol. The molecule has 20 heavy (non-hydrogen) atoms. The molecule has 0 saturated heterocycles. The van der Waals surface area contributed by atoms with Crippen molar-refractivity contribution in [1.29, 1.82) is 0 Å². The third-order valence-electron chi connectivity index (χ3n) is 3.08. The van der Waals surface area contributed by atoms with Gasteiger partial charge in [0.25, 0.3) is 0 Å². The van der Waals surface area contributed by atoms with E-state index in [1.807, 2.05) is 43.3 Å². The summed E-state index contributed by atoms with van der Waals surface area (Å²) in [5, 5.41) is 11.8. The van der Waals surface area contributed by atoms with Gasteiger partial charge in [0.2, 0.25) is 5.91 Å². The van der Waals surface area contributed by atoms with Crippen LogP contribution in [0.25, 0.3) is 11.0 Å². The summed E-state index contributed by atoms with van der Waals surface area (Å²) in [6, 6.07) is 0. The first-order valence-corrected chi connectivity index (χ1v) is 7.01. The summed E-state index contributed by atoms with van der Waals surface area (Å²) in [5.74, 6) is 0.0432. The van der Waals surface area contributed by atoms with Crippen molar-refractivity contribution >= 4 is 16.9 Å². The first kappa shape index (κ1) is 14.6. The molecule has 0 aromatic carbocycles. The van der Waals surface area contributed by atoms with Gasteiger partial charge in [-0.15, -0.1) is 0 Å². The van der Waals surface area contributed by atoms with E-state index >= 15 is 0 Å². The Kier molecular flexibility index (Phi) is 3.83. The maximum atomic E-state index is 11.9. The molecule has 0 fully saturated rings. The van der Waals surface area contributed by atoms with Gasteiger partial charge in [-0.05, 0) is 34.6 Å². The lowest BCUT2D eigenvalue weighted by atomic mass is 10.1. The predicted octanol–water partition coefficient (Wildman–Crippen LogP) is 1.87. The number of carbonyl (C=O) groups excluding carboxylic acids is 1. The van der Waals surface area contributed by atoms with Gasteiger partial charge in [-0.25, -0.2) is 0 Å². The number of nitrogens with zero attached hydrogens (tertiary/aromatic N) is 4. The standard InChI is InChI=1S/C14H23N5O/c1-6-18-11-9-15-19(13(11)10(2)17-18)8-7-12(20)16-14(3,4)5/h9H,6-8H2,1-5H3,(H,16,20). The molecule has 2 rings (SSSR count). The molecule has 2 aromatic rings. The zero-order valence-corrected chi connectivity index (χ0v) is 12.9. The van der Waals surface area contributed by atoms with Gasteiger partial charge in [-0.1, -0.05) is 0 Å². The van der Waals surface area contributed by atoms with E-state index in [9.17, 15) is 4.79 Å². The van der Waals surface area contributed by atoms with Gasteiger partial charge < -0.3 is 5.32 Å². The maximum absolute atomic E-state index is 11.9. The first-order chi connectivity index (χ1) is 9.31. The lowest BCUT2D eigenvalue weighted by molar-refractivity contribution is -0.122. The Morgan fingerprint density at radius 1 is 1.35 bits per heavy atom. The van der Waals surface area contributed by atoms with E-state index in [0.717, 1.165) is 23.3 Å². The van der Waals surface area contributed by atoms with Crippen LogP contribution in [0.5, 0.6) is 0 Å². The van der Waals surface area contributed by atoms with Gasteiger partial charge >= 0.3 is 0 Å². The minimum atomic E-state index is -0.195. The molecule has 0 unspecified atom stereocenters. The number of rotatable bonds is 4. The van der Waals surface area contributed by atoms with Crippen LogP contribution < -0.4 is 5.32 Å². The SMILES string of the molecule is CCn1nc(C)c2c1cnn2CCC(=O)NC(C)(C)C. The minimum absolute atomic E-state index is 0.0432. The molecule has 0 radical (unpaired) electrons. The largest absolute Gasteiger partial charge is 0.351 e. The van der Waals surface area contributed by atoms with Crippen molar-refractivity contribution in [3.63, 3.8) is 0 Å². The van der Waals surface area contributed by atoms with Crippen LogP contribution in [0.3, 0.4) is 0 Å². The fourth-order valence-corrected chi connectivity index (χ4v) is 2.32. The Labute approximate surface area is 119 Å². The fourth-order valence-electron chi connectivity index (χ4n) is 2.32. The molecule has 6 heteroatoms. The Balaban J connectivity index is 2.11. The molecule has 2 aromatic heterocycles. The van der Waals surface area contributed by atoms with Crippen molar-refractivity contribution in [1.82, 2.24) is 24.9 Å². The van der Waals surface area contributed by atoms with E-state index < -0.39 is 0 Å². The molecule has 110 valence electrons. The van der Waals surface area contributed by atoms with E-state index in [-0.39, 0.29) is 11.4 Å². The molecule has 2 heterocycles. The smallest absolute Gasteiger partial charge is 0.222 e. The Morgan fingerprint density at radius 2 is 2.05 bits per heavy atom. The number of aromatic nitrogens is 4. The molecule has 6 nitrogen and oxygen atoms in total. The quantitative estimate of drug-likeness (QED) is 0.927. The van der Waals surface area contributed by atoms with Crippen molar-refractivity contribution in [2.45, 2.75) is 59.7 Å². The third-order valence-corrected chi connectivity index (χ3v) is 3.08. The number of nitrogens with one attached hydrogen (secondary N) is 1. The van der Waals surface area contributed by atoms with E-state index in [4.69, 9.17) is 0 Å². The van der Waals surface area contributed by atoms with Gasteiger partial charge in [-0.3, -0.25) is 14.2 Å². The molecule has 0 saturated carbocycles. The second-order valence-electron chi connectivity index (χ2n) is 6.05. The number of hydrogen-bond acceptors (Lipinski definition) is 3. The summed E-state index contributed by atoms with van der Waals surface area (Å²) < 4.78 is 3.80.